The van der Waals surface area contributed by atoms with Gasteiger partial charge >= 0.3 is 0 Å². The van der Waals surface area contributed by atoms with E-state index < -0.39 is 0 Å². The molecule has 24 heavy (non-hydrogen) atoms. The van der Waals surface area contributed by atoms with E-state index in [1.54, 1.807) is 0 Å². The maximum atomic E-state index is 12.2. The molecule has 0 saturated carbocycles. The van der Waals surface area contributed by atoms with Crippen LogP contribution in [0.1, 0.15) is 36.9 Å². The van der Waals surface area contributed by atoms with Crippen LogP contribution in [0.25, 0.3) is 0 Å². The van der Waals surface area contributed by atoms with Crippen molar-refractivity contribution in [2.24, 2.45) is 0 Å². The number of ether oxygens (including phenoxy) is 2. The predicted octanol–water partition coefficient (Wildman–Crippen LogP) is 3.66. The summed E-state index contributed by atoms with van der Waals surface area (Å²) in [7, 11) is 0. The molecule has 0 unspecified atom stereocenters. The van der Waals surface area contributed by atoms with E-state index in [0.29, 0.717) is 18.1 Å². The van der Waals surface area contributed by atoms with Gasteiger partial charge in [0.25, 0.3) is 5.91 Å². The molecule has 2 aromatic rings. The second kappa shape index (κ2) is 7.86. The molecule has 126 valence electrons. The number of carbonyl (C=O) groups is 1. The first kappa shape index (κ1) is 16.4. The van der Waals surface area contributed by atoms with Crippen molar-refractivity contribution < 1.29 is 14.3 Å². The third-order valence-electron chi connectivity index (χ3n) is 4.14. The zero-order chi connectivity index (χ0) is 16.8. The highest BCUT2D eigenvalue weighted by atomic mass is 16.5. The van der Waals surface area contributed by atoms with Crippen molar-refractivity contribution in [2.45, 2.75) is 32.2 Å². The first-order chi connectivity index (χ1) is 11.8. The molecule has 1 aliphatic rings. The van der Waals surface area contributed by atoms with Crippen LogP contribution in [0.3, 0.4) is 0 Å². The predicted molar refractivity (Wildman–Crippen MR) is 93.4 cm³/mol. The van der Waals surface area contributed by atoms with Crippen LogP contribution in [0, 0.1) is 0 Å². The van der Waals surface area contributed by atoms with E-state index in [1.807, 2.05) is 36.4 Å². The maximum Gasteiger partial charge on any atom is 0.258 e. The second-order valence-corrected chi connectivity index (χ2v) is 5.94. The van der Waals surface area contributed by atoms with Crippen molar-refractivity contribution in [1.82, 2.24) is 5.32 Å². The molecule has 0 aromatic heterocycles. The molecule has 4 nitrogen and oxygen atoms in total. The SMILES string of the molecule is CCCOc1ccccc1OCC(=O)N[C@@H]1CCc2ccccc21. The summed E-state index contributed by atoms with van der Waals surface area (Å²) in [5.74, 6) is 1.17. The molecule has 1 N–H and O–H groups in total. The lowest BCUT2D eigenvalue weighted by molar-refractivity contribution is -0.123. The molecule has 0 bridgehead atoms. The fourth-order valence-electron chi connectivity index (χ4n) is 2.99. The van der Waals surface area contributed by atoms with Crippen molar-refractivity contribution in [3.8, 4) is 11.5 Å². The van der Waals surface area contributed by atoms with Crippen molar-refractivity contribution in [3.63, 3.8) is 0 Å². The van der Waals surface area contributed by atoms with Gasteiger partial charge < -0.3 is 14.8 Å². The Morgan fingerprint density at radius 1 is 1.08 bits per heavy atom. The number of carbonyl (C=O) groups excluding carboxylic acids is 1. The summed E-state index contributed by atoms with van der Waals surface area (Å²) in [5.41, 5.74) is 2.54. The van der Waals surface area contributed by atoms with Crippen LogP contribution >= 0.6 is 0 Å². The van der Waals surface area contributed by atoms with Gasteiger partial charge in [0.05, 0.1) is 12.6 Å². The highest BCUT2D eigenvalue weighted by molar-refractivity contribution is 5.78. The molecular weight excluding hydrogens is 302 g/mol. The van der Waals surface area contributed by atoms with E-state index in [4.69, 9.17) is 9.47 Å². The minimum Gasteiger partial charge on any atom is -0.490 e. The summed E-state index contributed by atoms with van der Waals surface area (Å²) < 4.78 is 11.3. The number of fused-ring (bicyclic) bond motifs is 1. The third kappa shape index (κ3) is 3.88. The van der Waals surface area contributed by atoms with Gasteiger partial charge in [0, 0.05) is 0 Å². The van der Waals surface area contributed by atoms with Crippen LogP contribution in [-0.4, -0.2) is 19.1 Å². The number of hydrogen-bond donors (Lipinski definition) is 1. The number of amides is 1. The Kier molecular flexibility index (Phi) is 5.36. The van der Waals surface area contributed by atoms with Gasteiger partial charge in [0.2, 0.25) is 0 Å². The van der Waals surface area contributed by atoms with Gasteiger partial charge in [-0.1, -0.05) is 43.3 Å². The highest BCUT2D eigenvalue weighted by Crippen LogP contribution is 2.31. The lowest BCUT2D eigenvalue weighted by Gasteiger charge is -2.15. The van der Waals surface area contributed by atoms with Crippen molar-refractivity contribution in [3.05, 3.63) is 59.7 Å². The van der Waals surface area contributed by atoms with Gasteiger partial charge in [-0.05, 0) is 42.5 Å². The van der Waals surface area contributed by atoms with E-state index >= 15 is 0 Å². The monoisotopic (exact) mass is 325 g/mol. The molecule has 0 spiro atoms. The quantitative estimate of drug-likeness (QED) is 0.845. The summed E-state index contributed by atoms with van der Waals surface area (Å²) >= 11 is 0. The second-order valence-electron chi connectivity index (χ2n) is 5.94. The molecule has 1 aliphatic carbocycles. The zero-order valence-corrected chi connectivity index (χ0v) is 14.0. The van der Waals surface area contributed by atoms with Crippen LogP contribution in [0.5, 0.6) is 11.5 Å². The van der Waals surface area contributed by atoms with E-state index in [1.165, 1.54) is 11.1 Å². The lowest BCUT2D eigenvalue weighted by atomic mass is 10.1. The molecule has 4 heteroatoms. The number of nitrogens with one attached hydrogen (secondary N) is 1. The summed E-state index contributed by atoms with van der Waals surface area (Å²) in [5, 5.41) is 3.06. The Morgan fingerprint density at radius 2 is 1.79 bits per heavy atom. The highest BCUT2D eigenvalue weighted by Gasteiger charge is 2.23. The van der Waals surface area contributed by atoms with E-state index in [-0.39, 0.29) is 18.6 Å². The molecular formula is C20H23NO3. The van der Waals surface area contributed by atoms with Crippen molar-refractivity contribution >= 4 is 5.91 Å². The Hall–Kier alpha value is -2.49. The number of benzene rings is 2. The van der Waals surface area contributed by atoms with Gasteiger partial charge in [0.15, 0.2) is 18.1 Å². The lowest BCUT2D eigenvalue weighted by Crippen LogP contribution is -2.31. The molecule has 1 amide bonds. The van der Waals surface area contributed by atoms with E-state index in [0.717, 1.165) is 19.3 Å². The number of aryl methyl sites for hydroxylation is 1. The van der Waals surface area contributed by atoms with Gasteiger partial charge in [-0.25, -0.2) is 0 Å². The van der Waals surface area contributed by atoms with Crippen molar-refractivity contribution in [1.29, 1.82) is 0 Å². The fraction of sp³-hybridized carbons (Fsp3) is 0.350. The Bertz CT molecular complexity index is 699. The summed E-state index contributed by atoms with van der Waals surface area (Å²) in [4.78, 5) is 12.2. The van der Waals surface area contributed by atoms with Crippen LogP contribution < -0.4 is 14.8 Å². The standard InChI is InChI=1S/C20H23NO3/c1-2-13-23-18-9-5-6-10-19(18)24-14-20(22)21-17-12-11-15-7-3-4-8-16(15)17/h3-10,17H,2,11-14H2,1H3,(H,21,22)/t17-/m1/s1. The first-order valence-corrected chi connectivity index (χ1v) is 8.49. The number of hydrogen-bond acceptors (Lipinski definition) is 3. The van der Waals surface area contributed by atoms with Crippen LogP contribution in [0.2, 0.25) is 0 Å². The Balaban J connectivity index is 1.55. The van der Waals surface area contributed by atoms with Crippen LogP contribution in [0.15, 0.2) is 48.5 Å². The zero-order valence-electron chi connectivity index (χ0n) is 14.0. The van der Waals surface area contributed by atoms with E-state index in [9.17, 15) is 4.79 Å². The molecule has 0 radical (unpaired) electrons. The first-order valence-electron chi connectivity index (χ1n) is 8.49. The summed E-state index contributed by atoms with van der Waals surface area (Å²) in [6, 6.07) is 15.8. The molecule has 0 heterocycles. The molecule has 0 fully saturated rings. The minimum absolute atomic E-state index is 0.00876. The number of para-hydroxylation sites is 2. The van der Waals surface area contributed by atoms with Crippen molar-refractivity contribution in [2.75, 3.05) is 13.2 Å². The van der Waals surface area contributed by atoms with Gasteiger partial charge in [0.1, 0.15) is 0 Å². The minimum atomic E-state index is -0.109. The largest absolute Gasteiger partial charge is 0.490 e. The fourth-order valence-corrected chi connectivity index (χ4v) is 2.99. The molecule has 0 saturated heterocycles. The topological polar surface area (TPSA) is 47.6 Å². The van der Waals surface area contributed by atoms with Gasteiger partial charge in [-0.2, -0.15) is 0 Å². The summed E-state index contributed by atoms with van der Waals surface area (Å²) in [6.45, 7) is 2.67. The van der Waals surface area contributed by atoms with Gasteiger partial charge in [-0.3, -0.25) is 4.79 Å². The Labute approximate surface area is 142 Å². The molecule has 2 aromatic carbocycles. The average Bonchev–Trinajstić information content (AvgIpc) is 3.02. The molecule has 3 rings (SSSR count). The average molecular weight is 325 g/mol. The Morgan fingerprint density at radius 3 is 2.58 bits per heavy atom. The van der Waals surface area contributed by atoms with Crippen LogP contribution in [-0.2, 0) is 11.2 Å². The number of rotatable bonds is 7. The third-order valence-corrected chi connectivity index (χ3v) is 4.14. The normalized spacial score (nSPS) is 15.6. The molecule has 0 aliphatic heterocycles. The van der Waals surface area contributed by atoms with Gasteiger partial charge in [-0.15, -0.1) is 0 Å². The maximum absolute atomic E-state index is 12.2. The van der Waals surface area contributed by atoms with Crippen LogP contribution in [0.4, 0.5) is 0 Å². The molecule has 1 atom stereocenters. The summed E-state index contributed by atoms with van der Waals surface area (Å²) in [6.07, 6.45) is 2.88. The van der Waals surface area contributed by atoms with E-state index in [2.05, 4.69) is 24.4 Å². The smallest absolute Gasteiger partial charge is 0.258 e.